The Bertz CT molecular complexity index is 1420. The second-order valence-corrected chi connectivity index (χ2v) is 11.5. The third-order valence-corrected chi connectivity index (χ3v) is 8.50. The number of ketones is 2. The molecule has 3 heterocycles. The minimum atomic E-state index is -0.122. The SMILES string of the molecule is N#Cc1ccc(CN2CCC(CC(=O)c3ccc(C(=O)N4CCC(C(=O)c5ccc(Cl)cc5)CC4)cn3)CC2)cc1. The van der Waals surface area contributed by atoms with Gasteiger partial charge in [-0.3, -0.25) is 24.3 Å². The fourth-order valence-corrected chi connectivity index (χ4v) is 5.85. The van der Waals surface area contributed by atoms with Gasteiger partial charge in [0.2, 0.25) is 0 Å². The summed E-state index contributed by atoms with van der Waals surface area (Å²) >= 11 is 5.93. The minimum absolute atomic E-state index is 0.0102. The van der Waals surface area contributed by atoms with E-state index in [-0.39, 0.29) is 23.4 Å². The van der Waals surface area contributed by atoms with Gasteiger partial charge in [0.25, 0.3) is 5.91 Å². The zero-order valence-corrected chi connectivity index (χ0v) is 23.7. The molecule has 1 aromatic heterocycles. The molecule has 0 radical (unpaired) electrons. The van der Waals surface area contributed by atoms with E-state index >= 15 is 0 Å². The fourth-order valence-electron chi connectivity index (χ4n) is 5.72. The predicted molar refractivity (Wildman–Crippen MR) is 157 cm³/mol. The Balaban J connectivity index is 1.07. The number of aromatic nitrogens is 1. The lowest BCUT2D eigenvalue weighted by Gasteiger charge is -2.31. The summed E-state index contributed by atoms with van der Waals surface area (Å²) in [6.07, 6.45) is 5.10. The summed E-state index contributed by atoms with van der Waals surface area (Å²) in [5, 5.41) is 9.56. The second-order valence-electron chi connectivity index (χ2n) is 11.0. The highest BCUT2D eigenvalue weighted by atomic mass is 35.5. The number of nitrogens with zero attached hydrogens (tertiary/aromatic N) is 4. The Hall–Kier alpha value is -3.86. The van der Waals surface area contributed by atoms with E-state index in [1.54, 1.807) is 41.3 Å². The number of benzene rings is 2. The highest BCUT2D eigenvalue weighted by Gasteiger charge is 2.29. The van der Waals surface area contributed by atoms with Crippen LogP contribution >= 0.6 is 11.6 Å². The largest absolute Gasteiger partial charge is 0.339 e. The summed E-state index contributed by atoms with van der Waals surface area (Å²) in [4.78, 5) is 47.3. The molecule has 41 heavy (non-hydrogen) atoms. The van der Waals surface area contributed by atoms with Gasteiger partial charge >= 0.3 is 0 Å². The molecule has 0 unspecified atom stereocenters. The van der Waals surface area contributed by atoms with E-state index in [0.29, 0.717) is 65.7 Å². The van der Waals surface area contributed by atoms with Gasteiger partial charge < -0.3 is 4.90 Å². The molecule has 2 saturated heterocycles. The number of halogens is 1. The van der Waals surface area contributed by atoms with Crippen LogP contribution in [0.1, 0.15) is 74.4 Å². The van der Waals surface area contributed by atoms with E-state index in [0.717, 1.165) is 32.5 Å². The molecule has 210 valence electrons. The summed E-state index contributed by atoms with van der Waals surface area (Å²) < 4.78 is 0. The number of pyridine rings is 1. The number of nitriles is 1. The topological polar surface area (TPSA) is 94.4 Å². The van der Waals surface area contributed by atoms with Crippen LogP contribution < -0.4 is 0 Å². The Labute approximate surface area is 245 Å². The van der Waals surface area contributed by atoms with Crippen LogP contribution in [0.15, 0.2) is 66.9 Å². The summed E-state index contributed by atoms with van der Waals surface area (Å²) in [6.45, 7) is 3.72. The van der Waals surface area contributed by atoms with Crippen LogP contribution in [0.4, 0.5) is 0 Å². The Morgan fingerprint density at radius 2 is 1.51 bits per heavy atom. The van der Waals surface area contributed by atoms with Crippen molar-refractivity contribution in [3.05, 3.63) is 99.8 Å². The van der Waals surface area contributed by atoms with E-state index in [9.17, 15) is 14.4 Å². The molecule has 1 amide bonds. The summed E-state index contributed by atoms with van der Waals surface area (Å²) in [5.74, 6) is 0.191. The maximum Gasteiger partial charge on any atom is 0.255 e. The second kappa shape index (κ2) is 13.2. The fraction of sp³-hybridized carbons (Fsp3) is 0.364. The number of amides is 1. The van der Waals surface area contributed by atoms with Crippen LogP contribution in [0.2, 0.25) is 5.02 Å². The maximum absolute atomic E-state index is 13.1. The zero-order chi connectivity index (χ0) is 28.8. The molecule has 2 aromatic carbocycles. The molecule has 0 bridgehead atoms. The first kappa shape index (κ1) is 28.7. The predicted octanol–water partition coefficient (Wildman–Crippen LogP) is 5.83. The number of likely N-dealkylation sites (tertiary alicyclic amines) is 2. The number of carbonyl (C=O) groups is 3. The molecule has 7 nitrogen and oxygen atoms in total. The van der Waals surface area contributed by atoms with Crippen molar-refractivity contribution in [2.45, 2.75) is 38.6 Å². The third kappa shape index (κ3) is 7.27. The lowest BCUT2D eigenvalue weighted by molar-refractivity contribution is 0.0649. The molecule has 0 saturated carbocycles. The molecule has 0 spiro atoms. The van der Waals surface area contributed by atoms with Crippen molar-refractivity contribution in [3.8, 4) is 6.07 Å². The van der Waals surface area contributed by atoms with Crippen molar-refractivity contribution in [2.75, 3.05) is 26.2 Å². The highest BCUT2D eigenvalue weighted by Crippen LogP contribution is 2.25. The molecule has 8 heteroatoms. The molecule has 2 fully saturated rings. The lowest BCUT2D eigenvalue weighted by Crippen LogP contribution is -2.40. The van der Waals surface area contributed by atoms with Crippen molar-refractivity contribution in [1.29, 1.82) is 5.26 Å². The molecule has 3 aromatic rings. The van der Waals surface area contributed by atoms with E-state index in [2.05, 4.69) is 16.0 Å². The van der Waals surface area contributed by atoms with Crippen molar-refractivity contribution in [1.82, 2.24) is 14.8 Å². The number of Topliss-reactive ketones (excluding diaryl/α,β-unsaturated/α-hetero) is 2. The summed E-state index contributed by atoms with van der Waals surface area (Å²) in [7, 11) is 0. The van der Waals surface area contributed by atoms with Gasteiger partial charge in [0.1, 0.15) is 5.69 Å². The van der Waals surface area contributed by atoms with E-state index in [4.69, 9.17) is 16.9 Å². The van der Waals surface area contributed by atoms with Crippen LogP contribution in [0.25, 0.3) is 0 Å². The molecular formula is C33H33ClN4O3. The van der Waals surface area contributed by atoms with Crippen LogP contribution in [0, 0.1) is 23.2 Å². The molecule has 5 rings (SSSR count). The normalized spacial score (nSPS) is 16.7. The lowest BCUT2D eigenvalue weighted by atomic mass is 9.88. The van der Waals surface area contributed by atoms with Crippen LogP contribution in [0.3, 0.4) is 0 Å². The van der Waals surface area contributed by atoms with E-state index in [1.807, 2.05) is 24.3 Å². The average molecular weight is 569 g/mol. The Morgan fingerprint density at radius 1 is 0.854 bits per heavy atom. The first-order valence-electron chi connectivity index (χ1n) is 14.2. The molecule has 0 atom stereocenters. The van der Waals surface area contributed by atoms with Crippen LogP contribution in [-0.4, -0.2) is 58.4 Å². The van der Waals surface area contributed by atoms with Gasteiger partial charge in [-0.15, -0.1) is 0 Å². The molecule has 0 N–H and O–H groups in total. The number of carbonyl (C=O) groups excluding carboxylic acids is 3. The molecule has 2 aliphatic rings. The third-order valence-electron chi connectivity index (χ3n) is 8.25. The van der Waals surface area contributed by atoms with Crippen molar-refractivity contribution in [3.63, 3.8) is 0 Å². The van der Waals surface area contributed by atoms with Gasteiger partial charge in [0.15, 0.2) is 11.6 Å². The first-order chi connectivity index (χ1) is 19.9. The number of hydrogen-bond donors (Lipinski definition) is 0. The molecular weight excluding hydrogens is 536 g/mol. The number of rotatable bonds is 8. The van der Waals surface area contributed by atoms with Gasteiger partial charge in [-0.1, -0.05) is 23.7 Å². The standard InChI is InChI=1S/C33H33ClN4O3/c34-29-8-5-26(6-9-29)32(40)27-13-17-38(18-14-27)33(41)28-7-10-30(36-21-28)31(39)19-23-11-15-37(16-12-23)22-25-3-1-24(20-35)2-4-25/h1-10,21,23,27H,11-19,22H2. The monoisotopic (exact) mass is 568 g/mol. The first-order valence-corrected chi connectivity index (χ1v) is 14.6. The van der Waals surface area contributed by atoms with Gasteiger partial charge in [0.05, 0.1) is 17.2 Å². The van der Waals surface area contributed by atoms with E-state index in [1.165, 1.54) is 11.8 Å². The van der Waals surface area contributed by atoms with Gasteiger partial charge in [-0.05, 0) is 98.8 Å². The molecule has 2 aliphatic heterocycles. The molecule has 0 aliphatic carbocycles. The van der Waals surface area contributed by atoms with Gasteiger partial charge in [-0.2, -0.15) is 5.26 Å². The summed E-state index contributed by atoms with van der Waals surface area (Å²) in [6, 6.07) is 20.1. The minimum Gasteiger partial charge on any atom is -0.339 e. The van der Waals surface area contributed by atoms with Crippen molar-refractivity contribution in [2.24, 2.45) is 11.8 Å². The van der Waals surface area contributed by atoms with Crippen molar-refractivity contribution < 1.29 is 14.4 Å². The maximum atomic E-state index is 13.1. The van der Waals surface area contributed by atoms with Crippen LogP contribution in [0.5, 0.6) is 0 Å². The van der Waals surface area contributed by atoms with E-state index < -0.39 is 0 Å². The number of piperidine rings is 2. The highest BCUT2D eigenvalue weighted by molar-refractivity contribution is 6.30. The zero-order valence-electron chi connectivity index (χ0n) is 23.0. The average Bonchev–Trinajstić information content (AvgIpc) is 3.02. The Kier molecular flexibility index (Phi) is 9.23. The Morgan fingerprint density at radius 3 is 2.12 bits per heavy atom. The van der Waals surface area contributed by atoms with Gasteiger partial charge in [0, 0.05) is 48.8 Å². The van der Waals surface area contributed by atoms with Gasteiger partial charge in [-0.25, -0.2) is 0 Å². The van der Waals surface area contributed by atoms with Crippen LogP contribution in [-0.2, 0) is 6.54 Å². The van der Waals surface area contributed by atoms with Crippen molar-refractivity contribution >= 4 is 29.1 Å². The number of hydrogen-bond acceptors (Lipinski definition) is 6. The summed E-state index contributed by atoms with van der Waals surface area (Å²) in [5.41, 5.74) is 3.36. The smallest absolute Gasteiger partial charge is 0.255 e. The quantitative estimate of drug-likeness (QED) is 0.317.